The molecule has 0 aliphatic carbocycles. The van der Waals surface area contributed by atoms with E-state index in [0.717, 1.165) is 6.07 Å². The minimum Gasteiger partial charge on any atom is -0.494 e. The third kappa shape index (κ3) is 3.12. The molecule has 31 heavy (non-hydrogen) atoms. The quantitative estimate of drug-likeness (QED) is 0.467. The summed E-state index contributed by atoms with van der Waals surface area (Å²) in [6, 6.07) is 7.48. The van der Waals surface area contributed by atoms with Crippen molar-refractivity contribution in [3.63, 3.8) is 0 Å². The normalized spacial score (nSPS) is 11.4. The first kappa shape index (κ1) is 18.9. The van der Waals surface area contributed by atoms with Crippen LogP contribution in [0.5, 0.6) is 5.75 Å². The van der Waals surface area contributed by atoms with Crippen molar-refractivity contribution in [3.05, 3.63) is 66.1 Å². The third-order valence-electron chi connectivity index (χ3n) is 5.03. The van der Waals surface area contributed by atoms with Crippen LogP contribution in [0.2, 0.25) is 0 Å². The number of imidazole rings is 1. The summed E-state index contributed by atoms with van der Waals surface area (Å²) >= 11 is 0. The molecule has 8 nitrogen and oxygen atoms in total. The summed E-state index contributed by atoms with van der Waals surface area (Å²) in [6.07, 6.45) is 4.97. The number of aromatic nitrogens is 6. The van der Waals surface area contributed by atoms with Gasteiger partial charge >= 0.3 is 0 Å². The van der Waals surface area contributed by atoms with Crippen LogP contribution in [0, 0.1) is 11.6 Å². The number of fused-ring (bicyclic) bond motifs is 2. The van der Waals surface area contributed by atoms with Crippen LogP contribution in [0.15, 0.2) is 48.9 Å². The molecule has 0 fully saturated rings. The van der Waals surface area contributed by atoms with Crippen LogP contribution in [-0.4, -0.2) is 43.5 Å². The maximum absolute atomic E-state index is 13.7. The average molecular weight is 421 g/mol. The van der Waals surface area contributed by atoms with Crippen molar-refractivity contribution in [1.29, 1.82) is 0 Å². The molecule has 0 aliphatic heterocycles. The predicted octanol–water partition coefficient (Wildman–Crippen LogP) is 3.54. The Morgan fingerprint density at radius 2 is 1.94 bits per heavy atom. The van der Waals surface area contributed by atoms with Gasteiger partial charge in [0.2, 0.25) is 5.95 Å². The number of hydrogen-bond donors (Lipinski definition) is 1. The molecule has 0 unspecified atom stereocenters. The summed E-state index contributed by atoms with van der Waals surface area (Å²) in [5.41, 5.74) is 3.89. The molecule has 4 heterocycles. The van der Waals surface area contributed by atoms with E-state index in [9.17, 15) is 8.78 Å². The summed E-state index contributed by atoms with van der Waals surface area (Å²) in [7, 11) is 3.32. The van der Waals surface area contributed by atoms with Gasteiger partial charge in [-0.25, -0.2) is 18.4 Å². The molecule has 0 aliphatic rings. The SMILES string of the molecule is CNc1nc2ncc(-n3ncc4nccc(OC)c43)cc2n1Cc1ccc(F)c(F)c1. The van der Waals surface area contributed by atoms with E-state index in [4.69, 9.17) is 4.74 Å². The van der Waals surface area contributed by atoms with Gasteiger partial charge in [-0.2, -0.15) is 10.1 Å². The van der Waals surface area contributed by atoms with Crippen LogP contribution >= 0.6 is 0 Å². The van der Waals surface area contributed by atoms with Gasteiger partial charge < -0.3 is 14.6 Å². The summed E-state index contributed by atoms with van der Waals surface area (Å²) in [6.45, 7) is 0.278. The van der Waals surface area contributed by atoms with Gasteiger partial charge in [-0.15, -0.1) is 0 Å². The molecule has 1 aromatic carbocycles. The van der Waals surface area contributed by atoms with E-state index in [1.807, 2.05) is 10.6 Å². The maximum atomic E-state index is 13.7. The first-order valence-electron chi connectivity index (χ1n) is 9.44. The summed E-state index contributed by atoms with van der Waals surface area (Å²) in [5, 5.41) is 7.47. The number of ether oxygens (including phenoxy) is 1. The monoisotopic (exact) mass is 421 g/mol. The number of pyridine rings is 2. The number of halogens is 2. The van der Waals surface area contributed by atoms with E-state index >= 15 is 0 Å². The third-order valence-corrected chi connectivity index (χ3v) is 5.03. The smallest absolute Gasteiger partial charge is 0.205 e. The van der Waals surface area contributed by atoms with E-state index in [0.29, 0.717) is 45.1 Å². The Kier molecular flexibility index (Phi) is 4.46. The first-order chi connectivity index (χ1) is 15.1. The van der Waals surface area contributed by atoms with Crippen molar-refractivity contribution >= 4 is 28.1 Å². The van der Waals surface area contributed by atoms with Gasteiger partial charge in [-0.1, -0.05) is 6.07 Å². The number of anilines is 1. The van der Waals surface area contributed by atoms with Crippen LogP contribution < -0.4 is 10.1 Å². The number of hydrogen-bond acceptors (Lipinski definition) is 6. The topological polar surface area (TPSA) is 82.7 Å². The molecule has 156 valence electrons. The Bertz CT molecular complexity index is 1430. The second-order valence-corrected chi connectivity index (χ2v) is 6.86. The first-order valence-corrected chi connectivity index (χ1v) is 9.44. The second kappa shape index (κ2) is 7.31. The molecule has 0 spiro atoms. The highest BCUT2D eigenvalue weighted by molar-refractivity contribution is 5.84. The van der Waals surface area contributed by atoms with E-state index in [-0.39, 0.29) is 6.54 Å². The van der Waals surface area contributed by atoms with E-state index < -0.39 is 11.6 Å². The number of methoxy groups -OCH3 is 1. The molecule has 5 aromatic rings. The van der Waals surface area contributed by atoms with Crippen LogP contribution in [-0.2, 0) is 6.54 Å². The van der Waals surface area contributed by atoms with E-state index in [1.165, 1.54) is 6.07 Å². The highest BCUT2D eigenvalue weighted by Crippen LogP contribution is 2.28. The molecule has 1 N–H and O–H groups in total. The molecular formula is C21H17F2N7O. The minimum atomic E-state index is -0.894. The fourth-order valence-corrected chi connectivity index (χ4v) is 3.57. The van der Waals surface area contributed by atoms with Crippen molar-refractivity contribution in [2.45, 2.75) is 6.54 Å². The lowest BCUT2D eigenvalue weighted by molar-refractivity contribution is 0.417. The fraction of sp³-hybridized carbons (Fsp3) is 0.143. The summed E-state index contributed by atoms with van der Waals surface area (Å²) in [4.78, 5) is 13.3. The average Bonchev–Trinajstić information content (AvgIpc) is 3.37. The van der Waals surface area contributed by atoms with E-state index in [1.54, 1.807) is 49.6 Å². The number of rotatable bonds is 5. The zero-order chi connectivity index (χ0) is 21.5. The van der Waals surface area contributed by atoms with Gasteiger partial charge in [-0.3, -0.25) is 4.98 Å². The fourth-order valence-electron chi connectivity index (χ4n) is 3.57. The lowest BCUT2D eigenvalue weighted by atomic mass is 10.2. The molecule has 4 aromatic heterocycles. The second-order valence-electron chi connectivity index (χ2n) is 6.86. The molecule has 0 amide bonds. The Hall–Kier alpha value is -4.08. The van der Waals surface area contributed by atoms with E-state index in [2.05, 4.69) is 25.4 Å². The molecule has 0 radical (unpaired) electrons. The van der Waals surface area contributed by atoms with Gasteiger partial charge in [0.25, 0.3) is 0 Å². The largest absolute Gasteiger partial charge is 0.494 e. The molecule has 0 saturated carbocycles. The maximum Gasteiger partial charge on any atom is 0.205 e. The van der Waals surface area contributed by atoms with Gasteiger partial charge in [0.15, 0.2) is 17.3 Å². The van der Waals surface area contributed by atoms with Crippen molar-refractivity contribution in [1.82, 2.24) is 29.3 Å². The van der Waals surface area contributed by atoms with Crippen LogP contribution in [0.1, 0.15) is 5.56 Å². The lowest BCUT2D eigenvalue weighted by Crippen LogP contribution is -2.06. The molecule has 10 heteroatoms. The zero-order valence-electron chi connectivity index (χ0n) is 16.7. The number of nitrogens with zero attached hydrogens (tertiary/aromatic N) is 6. The highest BCUT2D eigenvalue weighted by atomic mass is 19.2. The van der Waals surface area contributed by atoms with Crippen LogP contribution in [0.4, 0.5) is 14.7 Å². The molecule has 0 saturated heterocycles. The lowest BCUT2D eigenvalue weighted by Gasteiger charge is -2.10. The molecule has 0 atom stereocenters. The molecule has 0 bridgehead atoms. The molecular weight excluding hydrogens is 404 g/mol. The highest BCUT2D eigenvalue weighted by Gasteiger charge is 2.16. The van der Waals surface area contributed by atoms with Gasteiger partial charge in [0.05, 0.1) is 37.3 Å². The Morgan fingerprint density at radius 1 is 1.06 bits per heavy atom. The van der Waals surface area contributed by atoms with Gasteiger partial charge in [0, 0.05) is 19.3 Å². The van der Waals surface area contributed by atoms with Crippen LogP contribution in [0.3, 0.4) is 0 Å². The van der Waals surface area contributed by atoms with Crippen molar-refractivity contribution in [3.8, 4) is 11.4 Å². The van der Waals surface area contributed by atoms with Gasteiger partial charge in [0.1, 0.15) is 16.8 Å². The Labute approximate surface area is 175 Å². The van der Waals surface area contributed by atoms with Crippen LogP contribution in [0.25, 0.3) is 27.9 Å². The number of benzene rings is 1. The zero-order valence-corrected chi connectivity index (χ0v) is 16.7. The molecule has 5 rings (SSSR count). The minimum absolute atomic E-state index is 0.278. The predicted molar refractivity (Wildman–Crippen MR) is 112 cm³/mol. The van der Waals surface area contributed by atoms with Crippen molar-refractivity contribution < 1.29 is 13.5 Å². The Balaban J connectivity index is 1.66. The standard InChI is InChI=1S/C21H17F2N7O/c1-24-21-28-20-17(29(21)11-12-3-4-14(22)15(23)7-12)8-13(9-26-20)30-19-16(10-27-30)25-6-5-18(19)31-2/h3-10H,11H2,1-2H3,(H,24,26,28). The summed E-state index contributed by atoms with van der Waals surface area (Å²) < 4.78 is 36.1. The van der Waals surface area contributed by atoms with Crippen molar-refractivity contribution in [2.75, 3.05) is 19.5 Å². The summed E-state index contributed by atoms with van der Waals surface area (Å²) in [5.74, 6) is -0.595. The van der Waals surface area contributed by atoms with Crippen molar-refractivity contribution in [2.24, 2.45) is 0 Å². The number of nitrogens with one attached hydrogen (secondary N) is 1. The Morgan fingerprint density at radius 3 is 2.71 bits per heavy atom. The van der Waals surface area contributed by atoms with Gasteiger partial charge in [-0.05, 0) is 23.8 Å².